The topological polar surface area (TPSA) is 41.1 Å². The molecule has 2 N–H and O–H groups in total. The molecule has 1 fully saturated rings. The van der Waals surface area contributed by atoms with Gasteiger partial charge < -0.3 is 10.6 Å². The summed E-state index contributed by atoms with van der Waals surface area (Å²) >= 11 is 0. The summed E-state index contributed by atoms with van der Waals surface area (Å²) in [6, 6.07) is 5.96. The molecule has 1 aliphatic rings. The van der Waals surface area contributed by atoms with Crippen LogP contribution in [0.15, 0.2) is 24.3 Å². The van der Waals surface area contributed by atoms with E-state index in [2.05, 4.69) is 24.5 Å². The Hall–Kier alpha value is -1.42. The van der Waals surface area contributed by atoms with Crippen LogP contribution in [0.25, 0.3) is 0 Å². The molecule has 0 aliphatic carbocycles. The number of carbonyl (C=O) groups is 1. The Labute approximate surface area is 120 Å². The van der Waals surface area contributed by atoms with E-state index in [1.165, 1.54) is 12.1 Å². The molecule has 1 heterocycles. The van der Waals surface area contributed by atoms with Gasteiger partial charge in [-0.2, -0.15) is 0 Å². The van der Waals surface area contributed by atoms with Crippen LogP contribution in [-0.2, 0) is 4.79 Å². The molecule has 0 radical (unpaired) electrons. The lowest BCUT2D eigenvalue weighted by Gasteiger charge is -2.38. The zero-order valence-electron chi connectivity index (χ0n) is 12.4. The predicted octanol–water partition coefficient (Wildman–Crippen LogP) is 2.78. The lowest BCUT2D eigenvalue weighted by atomic mass is 9.77. The molecule has 2 unspecified atom stereocenters. The first-order valence-corrected chi connectivity index (χ1v) is 7.19. The summed E-state index contributed by atoms with van der Waals surface area (Å²) in [4.78, 5) is 12.4. The quantitative estimate of drug-likeness (QED) is 0.892. The minimum absolute atomic E-state index is 0.0199. The van der Waals surface area contributed by atoms with Crippen LogP contribution in [0.4, 0.5) is 4.39 Å². The number of benzene rings is 1. The molecule has 20 heavy (non-hydrogen) atoms. The minimum atomic E-state index is -0.262. The highest BCUT2D eigenvalue weighted by Gasteiger charge is 2.37. The van der Waals surface area contributed by atoms with Gasteiger partial charge in [0.2, 0.25) is 5.91 Å². The Kier molecular flexibility index (Phi) is 4.43. The maximum absolute atomic E-state index is 12.9. The van der Waals surface area contributed by atoms with Crippen molar-refractivity contribution in [2.45, 2.75) is 45.7 Å². The molecule has 0 aromatic heterocycles. The van der Waals surface area contributed by atoms with E-state index in [0.717, 1.165) is 24.9 Å². The Balaban J connectivity index is 2.01. The summed E-state index contributed by atoms with van der Waals surface area (Å²) < 4.78 is 12.9. The Morgan fingerprint density at radius 1 is 1.40 bits per heavy atom. The molecular weight excluding hydrogens is 255 g/mol. The van der Waals surface area contributed by atoms with Crippen molar-refractivity contribution in [2.75, 3.05) is 6.54 Å². The van der Waals surface area contributed by atoms with Crippen LogP contribution in [0, 0.1) is 11.2 Å². The van der Waals surface area contributed by atoms with Gasteiger partial charge in [-0.15, -0.1) is 0 Å². The molecule has 2 rings (SSSR count). The lowest BCUT2D eigenvalue weighted by Crippen LogP contribution is -2.55. The van der Waals surface area contributed by atoms with Crippen molar-refractivity contribution < 1.29 is 9.18 Å². The number of amides is 1. The van der Waals surface area contributed by atoms with Gasteiger partial charge in [0.05, 0.1) is 12.1 Å². The fraction of sp³-hybridized carbons (Fsp3) is 0.562. The molecule has 1 aromatic rings. The first-order chi connectivity index (χ1) is 9.40. The monoisotopic (exact) mass is 278 g/mol. The number of hydrogen-bond donors (Lipinski definition) is 2. The van der Waals surface area contributed by atoms with Gasteiger partial charge in [-0.05, 0) is 49.4 Å². The van der Waals surface area contributed by atoms with Crippen molar-refractivity contribution in [3.8, 4) is 0 Å². The number of rotatable bonds is 3. The highest BCUT2D eigenvalue weighted by atomic mass is 19.1. The molecule has 0 spiro atoms. The molecular formula is C16H23FN2O. The second-order valence-electron chi connectivity index (χ2n) is 6.26. The fourth-order valence-electron chi connectivity index (χ4n) is 2.79. The van der Waals surface area contributed by atoms with Crippen molar-refractivity contribution in [3.63, 3.8) is 0 Å². The van der Waals surface area contributed by atoms with Crippen molar-refractivity contribution in [1.82, 2.24) is 10.6 Å². The normalized spacial score (nSPS) is 23.1. The number of piperidine rings is 1. The van der Waals surface area contributed by atoms with E-state index in [4.69, 9.17) is 0 Å². The molecule has 1 amide bonds. The third kappa shape index (κ3) is 3.37. The molecule has 0 saturated carbocycles. The predicted molar refractivity (Wildman–Crippen MR) is 77.8 cm³/mol. The van der Waals surface area contributed by atoms with Crippen LogP contribution in [0.1, 0.15) is 45.2 Å². The van der Waals surface area contributed by atoms with Gasteiger partial charge in [-0.1, -0.05) is 26.0 Å². The summed E-state index contributed by atoms with van der Waals surface area (Å²) in [6.07, 6.45) is 2.15. The van der Waals surface area contributed by atoms with Crippen molar-refractivity contribution in [2.24, 2.45) is 5.41 Å². The Bertz CT molecular complexity index is 470. The zero-order chi connectivity index (χ0) is 14.8. The summed E-state index contributed by atoms with van der Waals surface area (Å²) in [6.45, 7) is 7.03. The van der Waals surface area contributed by atoms with Gasteiger partial charge in [-0.25, -0.2) is 4.39 Å². The van der Waals surface area contributed by atoms with Crippen LogP contribution < -0.4 is 10.6 Å². The van der Waals surface area contributed by atoms with E-state index in [0.29, 0.717) is 0 Å². The molecule has 3 nitrogen and oxygen atoms in total. The van der Waals surface area contributed by atoms with E-state index in [1.807, 2.05) is 6.92 Å². The summed E-state index contributed by atoms with van der Waals surface area (Å²) in [7, 11) is 0. The van der Waals surface area contributed by atoms with Crippen LogP contribution in [-0.4, -0.2) is 18.5 Å². The maximum atomic E-state index is 12.9. The second kappa shape index (κ2) is 5.92. The molecule has 2 atom stereocenters. The number of halogens is 1. The SMILES string of the molecule is CC(NC(=O)C1NCCCC1(C)C)c1ccc(F)cc1. The van der Waals surface area contributed by atoms with Crippen molar-refractivity contribution >= 4 is 5.91 Å². The van der Waals surface area contributed by atoms with Crippen LogP contribution in [0.5, 0.6) is 0 Å². The number of nitrogens with one attached hydrogen (secondary N) is 2. The standard InChI is InChI=1S/C16H23FN2O/c1-11(12-5-7-13(17)8-6-12)19-15(20)14-16(2,3)9-4-10-18-14/h5-8,11,14,18H,4,9-10H2,1-3H3,(H,19,20). The zero-order valence-corrected chi connectivity index (χ0v) is 12.4. The van der Waals surface area contributed by atoms with Gasteiger partial charge in [0, 0.05) is 0 Å². The molecule has 4 heteroatoms. The van der Waals surface area contributed by atoms with Crippen molar-refractivity contribution in [3.05, 3.63) is 35.6 Å². The van der Waals surface area contributed by atoms with E-state index in [9.17, 15) is 9.18 Å². The highest BCUT2D eigenvalue weighted by Crippen LogP contribution is 2.30. The fourth-order valence-corrected chi connectivity index (χ4v) is 2.79. The van der Waals surface area contributed by atoms with E-state index >= 15 is 0 Å². The van der Waals surface area contributed by atoms with Gasteiger partial charge in [0.25, 0.3) is 0 Å². The first-order valence-electron chi connectivity index (χ1n) is 7.19. The summed E-state index contributed by atoms with van der Waals surface area (Å²) in [5, 5.41) is 6.32. The molecule has 1 aliphatic heterocycles. The summed E-state index contributed by atoms with van der Waals surface area (Å²) in [5.74, 6) is -0.242. The van der Waals surface area contributed by atoms with E-state index < -0.39 is 0 Å². The van der Waals surface area contributed by atoms with Gasteiger partial charge in [0.15, 0.2) is 0 Å². The highest BCUT2D eigenvalue weighted by molar-refractivity contribution is 5.83. The lowest BCUT2D eigenvalue weighted by molar-refractivity contribution is -0.127. The molecule has 110 valence electrons. The van der Waals surface area contributed by atoms with Crippen molar-refractivity contribution in [1.29, 1.82) is 0 Å². The van der Waals surface area contributed by atoms with Crippen LogP contribution in [0.3, 0.4) is 0 Å². The third-order valence-electron chi connectivity index (χ3n) is 4.12. The first kappa shape index (κ1) is 15.0. The average molecular weight is 278 g/mol. The minimum Gasteiger partial charge on any atom is -0.348 e. The molecule has 1 aromatic carbocycles. The Morgan fingerprint density at radius 3 is 2.65 bits per heavy atom. The Morgan fingerprint density at radius 2 is 2.05 bits per heavy atom. The van der Waals surface area contributed by atoms with Crippen LogP contribution in [0.2, 0.25) is 0 Å². The smallest absolute Gasteiger partial charge is 0.238 e. The summed E-state index contributed by atoms with van der Waals surface area (Å²) in [5.41, 5.74) is 0.874. The largest absolute Gasteiger partial charge is 0.348 e. The number of carbonyl (C=O) groups excluding carboxylic acids is 1. The van der Waals surface area contributed by atoms with E-state index in [1.54, 1.807) is 12.1 Å². The third-order valence-corrected chi connectivity index (χ3v) is 4.12. The van der Waals surface area contributed by atoms with Gasteiger partial charge in [0.1, 0.15) is 5.82 Å². The second-order valence-corrected chi connectivity index (χ2v) is 6.26. The number of hydrogen-bond acceptors (Lipinski definition) is 2. The van der Waals surface area contributed by atoms with E-state index in [-0.39, 0.29) is 29.2 Å². The van der Waals surface area contributed by atoms with Crippen LogP contribution >= 0.6 is 0 Å². The van der Waals surface area contributed by atoms with Gasteiger partial charge >= 0.3 is 0 Å². The molecule has 0 bridgehead atoms. The molecule has 1 saturated heterocycles. The van der Waals surface area contributed by atoms with Gasteiger partial charge in [-0.3, -0.25) is 4.79 Å². The maximum Gasteiger partial charge on any atom is 0.238 e. The average Bonchev–Trinajstić information content (AvgIpc) is 2.38.